The van der Waals surface area contributed by atoms with Gasteiger partial charge >= 0.3 is 0 Å². The highest BCUT2D eigenvalue weighted by Crippen LogP contribution is 2.19. The number of thiazole rings is 1. The molecule has 0 aliphatic rings. The fourth-order valence-corrected chi connectivity index (χ4v) is 1.90. The van der Waals surface area contributed by atoms with E-state index >= 15 is 0 Å². The molecule has 0 saturated heterocycles. The van der Waals surface area contributed by atoms with E-state index in [-0.39, 0.29) is 0 Å². The Morgan fingerprint density at radius 1 is 1.57 bits per heavy atom. The summed E-state index contributed by atoms with van der Waals surface area (Å²) in [4.78, 5) is 4.15. The summed E-state index contributed by atoms with van der Waals surface area (Å²) in [7, 11) is 0. The number of furan rings is 1. The van der Waals surface area contributed by atoms with Crippen molar-refractivity contribution in [2.24, 2.45) is 0 Å². The van der Waals surface area contributed by atoms with Crippen molar-refractivity contribution in [1.29, 1.82) is 0 Å². The number of aromatic nitrogens is 1. The van der Waals surface area contributed by atoms with Gasteiger partial charge in [-0.25, -0.2) is 4.98 Å². The van der Waals surface area contributed by atoms with Gasteiger partial charge < -0.3 is 9.52 Å². The van der Waals surface area contributed by atoms with Crippen LogP contribution in [0.5, 0.6) is 0 Å². The van der Waals surface area contributed by atoms with Crippen molar-refractivity contribution in [3.63, 3.8) is 0 Å². The van der Waals surface area contributed by atoms with E-state index < -0.39 is 6.10 Å². The van der Waals surface area contributed by atoms with Crippen LogP contribution in [0.25, 0.3) is 0 Å². The van der Waals surface area contributed by atoms with E-state index in [0.717, 1.165) is 11.4 Å². The zero-order valence-electron chi connectivity index (χ0n) is 7.59. The highest BCUT2D eigenvalue weighted by molar-refractivity contribution is 7.09. The van der Waals surface area contributed by atoms with Crippen LogP contribution in [0.1, 0.15) is 23.3 Å². The Morgan fingerprint density at radius 3 is 3.14 bits per heavy atom. The first kappa shape index (κ1) is 9.43. The maximum atomic E-state index is 9.69. The molecule has 0 radical (unpaired) electrons. The third kappa shape index (κ3) is 2.21. The van der Waals surface area contributed by atoms with Gasteiger partial charge in [-0.15, -0.1) is 11.3 Å². The minimum absolute atomic E-state index is 0.520. The lowest BCUT2D eigenvalue weighted by Crippen LogP contribution is -1.97. The highest BCUT2D eigenvalue weighted by atomic mass is 32.1. The highest BCUT2D eigenvalue weighted by Gasteiger charge is 2.10. The van der Waals surface area contributed by atoms with E-state index in [0.29, 0.717) is 12.2 Å². The van der Waals surface area contributed by atoms with Crippen LogP contribution in [0.15, 0.2) is 34.4 Å². The fourth-order valence-electron chi connectivity index (χ4n) is 1.26. The zero-order valence-corrected chi connectivity index (χ0v) is 8.41. The second kappa shape index (κ2) is 4.39. The molecule has 2 rings (SSSR count). The van der Waals surface area contributed by atoms with Crippen molar-refractivity contribution in [1.82, 2.24) is 4.98 Å². The summed E-state index contributed by atoms with van der Waals surface area (Å²) in [5.41, 5.74) is 0. The largest absolute Gasteiger partial charge is 0.467 e. The van der Waals surface area contributed by atoms with E-state index in [9.17, 15) is 5.11 Å². The van der Waals surface area contributed by atoms with Crippen molar-refractivity contribution < 1.29 is 9.52 Å². The standard InChI is InChI=1S/C10H11NO2S/c12-8(9-2-1-6-13-9)3-4-10-11-5-7-14-10/h1-2,5-8,12H,3-4H2. The number of aliphatic hydroxyl groups is 1. The van der Waals surface area contributed by atoms with Crippen LogP contribution in [0.2, 0.25) is 0 Å². The quantitative estimate of drug-likeness (QED) is 0.841. The van der Waals surface area contributed by atoms with Crippen molar-refractivity contribution >= 4 is 11.3 Å². The fraction of sp³-hybridized carbons (Fsp3) is 0.300. The molecule has 2 heterocycles. The molecule has 1 N–H and O–H groups in total. The van der Waals surface area contributed by atoms with Gasteiger partial charge in [0.25, 0.3) is 0 Å². The number of rotatable bonds is 4. The summed E-state index contributed by atoms with van der Waals surface area (Å²) in [6, 6.07) is 3.56. The monoisotopic (exact) mass is 209 g/mol. The van der Waals surface area contributed by atoms with E-state index in [1.165, 1.54) is 0 Å². The van der Waals surface area contributed by atoms with Crippen LogP contribution >= 0.6 is 11.3 Å². The molecule has 0 spiro atoms. The van der Waals surface area contributed by atoms with Crippen LogP contribution in [0.4, 0.5) is 0 Å². The van der Waals surface area contributed by atoms with Gasteiger partial charge in [0, 0.05) is 18.0 Å². The number of nitrogens with zero attached hydrogens (tertiary/aromatic N) is 1. The summed E-state index contributed by atoms with van der Waals surface area (Å²) in [6.45, 7) is 0. The smallest absolute Gasteiger partial charge is 0.132 e. The predicted molar refractivity (Wildman–Crippen MR) is 54.1 cm³/mol. The molecule has 0 aliphatic carbocycles. The average molecular weight is 209 g/mol. The van der Waals surface area contributed by atoms with Crippen molar-refractivity contribution in [3.8, 4) is 0 Å². The molecule has 74 valence electrons. The molecule has 0 amide bonds. The van der Waals surface area contributed by atoms with Crippen LogP contribution < -0.4 is 0 Å². The molecule has 0 bridgehead atoms. The molecule has 0 fully saturated rings. The van der Waals surface area contributed by atoms with Crippen molar-refractivity contribution in [2.75, 3.05) is 0 Å². The number of hydrogen-bond acceptors (Lipinski definition) is 4. The molecule has 0 saturated carbocycles. The molecule has 4 heteroatoms. The van der Waals surface area contributed by atoms with Crippen LogP contribution in [-0.4, -0.2) is 10.1 Å². The van der Waals surface area contributed by atoms with Crippen molar-refractivity contribution in [2.45, 2.75) is 18.9 Å². The Labute approximate surface area is 86.0 Å². The molecular formula is C10H11NO2S. The Kier molecular flexibility index (Phi) is 2.96. The summed E-state index contributed by atoms with van der Waals surface area (Å²) >= 11 is 1.61. The van der Waals surface area contributed by atoms with Gasteiger partial charge in [-0.1, -0.05) is 0 Å². The van der Waals surface area contributed by atoms with Crippen LogP contribution in [-0.2, 0) is 6.42 Å². The Bertz CT molecular complexity index is 355. The molecule has 3 nitrogen and oxygen atoms in total. The van der Waals surface area contributed by atoms with Crippen molar-refractivity contribution in [3.05, 3.63) is 40.7 Å². The first-order valence-corrected chi connectivity index (χ1v) is 5.34. The minimum atomic E-state index is -0.520. The van der Waals surface area contributed by atoms with Gasteiger partial charge in [-0.05, 0) is 18.6 Å². The van der Waals surface area contributed by atoms with Gasteiger partial charge in [0.2, 0.25) is 0 Å². The first-order valence-electron chi connectivity index (χ1n) is 4.46. The van der Waals surface area contributed by atoms with Gasteiger partial charge in [-0.3, -0.25) is 0 Å². The Morgan fingerprint density at radius 2 is 2.50 bits per heavy atom. The molecule has 2 aromatic heterocycles. The number of aryl methyl sites for hydroxylation is 1. The Balaban J connectivity index is 1.87. The van der Waals surface area contributed by atoms with E-state index in [1.54, 1.807) is 35.9 Å². The number of aliphatic hydroxyl groups excluding tert-OH is 1. The second-order valence-corrected chi connectivity index (χ2v) is 3.97. The maximum absolute atomic E-state index is 9.69. The third-order valence-electron chi connectivity index (χ3n) is 1.99. The van der Waals surface area contributed by atoms with Crippen LogP contribution in [0, 0.1) is 0 Å². The van der Waals surface area contributed by atoms with Gasteiger partial charge in [0.15, 0.2) is 0 Å². The molecule has 2 aromatic rings. The summed E-state index contributed by atoms with van der Waals surface area (Å²) in [5, 5.41) is 12.7. The SMILES string of the molecule is OC(CCc1nccs1)c1ccco1. The minimum Gasteiger partial charge on any atom is -0.467 e. The molecular weight excluding hydrogens is 198 g/mol. The van der Waals surface area contributed by atoms with E-state index in [2.05, 4.69) is 4.98 Å². The topological polar surface area (TPSA) is 46.3 Å². The normalized spacial score (nSPS) is 12.9. The molecule has 1 atom stereocenters. The van der Waals surface area contributed by atoms with Gasteiger partial charge in [0.1, 0.15) is 11.9 Å². The maximum Gasteiger partial charge on any atom is 0.132 e. The molecule has 0 aliphatic heterocycles. The first-order chi connectivity index (χ1) is 6.86. The van der Waals surface area contributed by atoms with E-state index in [4.69, 9.17) is 4.42 Å². The zero-order chi connectivity index (χ0) is 9.80. The number of hydrogen-bond donors (Lipinski definition) is 1. The summed E-state index contributed by atoms with van der Waals surface area (Å²) < 4.78 is 5.10. The lowest BCUT2D eigenvalue weighted by molar-refractivity contribution is 0.140. The molecule has 1 unspecified atom stereocenters. The third-order valence-corrected chi connectivity index (χ3v) is 2.83. The molecule has 0 aromatic carbocycles. The lowest BCUT2D eigenvalue weighted by atomic mass is 10.1. The second-order valence-electron chi connectivity index (χ2n) is 3.00. The van der Waals surface area contributed by atoms with E-state index in [1.807, 2.05) is 5.38 Å². The average Bonchev–Trinajstić information content (AvgIpc) is 2.87. The molecule has 14 heavy (non-hydrogen) atoms. The van der Waals surface area contributed by atoms with Crippen LogP contribution in [0.3, 0.4) is 0 Å². The Hall–Kier alpha value is -1.13. The summed E-state index contributed by atoms with van der Waals surface area (Å²) in [5.74, 6) is 0.626. The van der Waals surface area contributed by atoms with Gasteiger partial charge in [0.05, 0.1) is 11.3 Å². The summed E-state index contributed by atoms with van der Waals surface area (Å²) in [6.07, 6.45) is 4.27. The lowest BCUT2D eigenvalue weighted by Gasteiger charge is -2.05. The predicted octanol–water partition coefficient (Wildman–Crippen LogP) is 2.40. The van der Waals surface area contributed by atoms with Gasteiger partial charge in [-0.2, -0.15) is 0 Å².